The summed E-state index contributed by atoms with van der Waals surface area (Å²) in [4.78, 5) is 4.32. The molecule has 0 spiro atoms. The molecular formula is C14H21NO. The predicted molar refractivity (Wildman–Crippen MR) is 64.9 cm³/mol. The molecule has 2 rings (SSSR count). The van der Waals surface area contributed by atoms with Crippen molar-refractivity contribution in [3.05, 3.63) is 30.1 Å². The summed E-state index contributed by atoms with van der Waals surface area (Å²) < 4.78 is 0. The SMILES string of the molecule is CC(C)[C@](O)(CCC1CC1)c1ccccn1. The Balaban J connectivity index is 2.13. The molecule has 0 unspecified atom stereocenters. The second-order valence-electron chi connectivity index (χ2n) is 5.28. The van der Waals surface area contributed by atoms with Gasteiger partial charge in [0.1, 0.15) is 5.60 Å². The molecule has 1 atom stereocenters. The summed E-state index contributed by atoms with van der Waals surface area (Å²) in [7, 11) is 0. The van der Waals surface area contributed by atoms with Gasteiger partial charge in [0.05, 0.1) is 5.69 Å². The van der Waals surface area contributed by atoms with Crippen molar-refractivity contribution >= 4 is 0 Å². The maximum atomic E-state index is 10.8. The van der Waals surface area contributed by atoms with Gasteiger partial charge in [-0.2, -0.15) is 0 Å². The molecule has 0 aliphatic heterocycles. The van der Waals surface area contributed by atoms with Crippen LogP contribution in [0.3, 0.4) is 0 Å². The van der Waals surface area contributed by atoms with Crippen molar-refractivity contribution < 1.29 is 5.11 Å². The molecule has 1 aromatic rings. The maximum Gasteiger partial charge on any atom is 0.109 e. The van der Waals surface area contributed by atoms with E-state index < -0.39 is 5.60 Å². The summed E-state index contributed by atoms with van der Waals surface area (Å²) in [5.41, 5.74) is 0.0785. The van der Waals surface area contributed by atoms with Crippen LogP contribution in [0, 0.1) is 11.8 Å². The minimum absolute atomic E-state index is 0.209. The fourth-order valence-corrected chi connectivity index (χ4v) is 2.16. The van der Waals surface area contributed by atoms with E-state index in [1.54, 1.807) is 6.20 Å². The third-order valence-electron chi connectivity index (χ3n) is 3.69. The number of nitrogens with zero attached hydrogens (tertiary/aromatic N) is 1. The molecule has 1 heterocycles. The van der Waals surface area contributed by atoms with Crippen LogP contribution in [0.2, 0.25) is 0 Å². The molecular weight excluding hydrogens is 198 g/mol. The fraction of sp³-hybridized carbons (Fsp3) is 0.643. The second-order valence-corrected chi connectivity index (χ2v) is 5.28. The molecule has 1 fully saturated rings. The van der Waals surface area contributed by atoms with Gasteiger partial charge in [0.25, 0.3) is 0 Å². The second kappa shape index (κ2) is 4.54. The highest BCUT2D eigenvalue weighted by molar-refractivity contribution is 5.14. The Morgan fingerprint density at radius 1 is 1.44 bits per heavy atom. The van der Waals surface area contributed by atoms with E-state index in [-0.39, 0.29) is 5.92 Å². The highest BCUT2D eigenvalue weighted by Gasteiger charge is 2.36. The monoisotopic (exact) mass is 219 g/mol. The number of aliphatic hydroxyl groups is 1. The first-order valence-electron chi connectivity index (χ1n) is 6.27. The summed E-state index contributed by atoms with van der Waals surface area (Å²) in [6, 6.07) is 5.78. The lowest BCUT2D eigenvalue weighted by molar-refractivity contribution is -0.0253. The zero-order chi connectivity index (χ0) is 11.6. The van der Waals surface area contributed by atoms with Crippen LogP contribution < -0.4 is 0 Å². The van der Waals surface area contributed by atoms with E-state index in [4.69, 9.17) is 0 Å². The van der Waals surface area contributed by atoms with Gasteiger partial charge in [-0.3, -0.25) is 4.98 Å². The van der Waals surface area contributed by atoms with Crippen molar-refractivity contribution in [1.82, 2.24) is 4.98 Å². The van der Waals surface area contributed by atoms with E-state index >= 15 is 0 Å². The standard InChI is InChI=1S/C14H21NO/c1-11(2)14(16,9-8-12-6-7-12)13-5-3-4-10-15-13/h3-5,10-12,16H,6-9H2,1-2H3/t14-/m1/s1. The first kappa shape index (κ1) is 11.6. The molecule has 16 heavy (non-hydrogen) atoms. The minimum Gasteiger partial charge on any atom is -0.383 e. The number of hydrogen-bond acceptors (Lipinski definition) is 2. The molecule has 1 aliphatic rings. The topological polar surface area (TPSA) is 33.1 Å². The van der Waals surface area contributed by atoms with E-state index in [2.05, 4.69) is 18.8 Å². The van der Waals surface area contributed by atoms with Gasteiger partial charge in [-0.1, -0.05) is 32.8 Å². The van der Waals surface area contributed by atoms with Crippen molar-refractivity contribution in [3.8, 4) is 0 Å². The van der Waals surface area contributed by atoms with Gasteiger partial charge in [-0.15, -0.1) is 0 Å². The highest BCUT2D eigenvalue weighted by atomic mass is 16.3. The van der Waals surface area contributed by atoms with Crippen LogP contribution in [0.5, 0.6) is 0 Å². The van der Waals surface area contributed by atoms with Crippen molar-refractivity contribution in [2.24, 2.45) is 11.8 Å². The van der Waals surface area contributed by atoms with Crippen LogP contribution in [0.1, 0.15) is 45.2 Å². The first-order valence-corrected chi connectivity index (χ1v) is 6.27. The van der Waals surface area contributed by atoms with Crippen LogP contribution in [0.15, 0.2) is 24.4 Å². The lowest BCUT2D eigenvalue weighted by Crippen LogP contribution is -2.33. The smallest absolute Gasteiger partial charge is 0.109 e. The number of hydrogen-bond donors (Lipinski definition) is 1. The molecule has 1 N–H and O–H groups in total. The van der Waals surface area contributed by atoms with Gasteiger partial charge in [-0.05, 0) is 36.8 Å². The Bertz CT molecular complexity index is 332. The molecule has 1 aliphatic carbocycles. The van der Waals surface area contributed by atoms with Crippen LogP contribution in [-0.2, 0) is 5.60 Å². The molecule has 88 valence electrons. The van der Waals surface area contributed by atoms with E-state index in [1.807, 2.05) is 18.2 Å². The number of rotatable bonds is 5. The Kier molecular flexibility index (Phi) is 3.29. The summed E-state index contributed by atoms with van der Waals surface area (Å²) in [5, 5.41) is 10.8. The van der Waals surface area contributed by atoms with Crippen molar-refractivity contribution in [3.63, 3.8) is 0 Å². The largest absolute Gasteiger partial charge is 0.383 e. The van der Waals surface area contributed by atoms with Crippen molar-refractivity contribution in [1.29, 1.82) is 0 Å². The maximum absolute atomic E-state index is 10.8. The highest BCUT2D eigenvalue weighted by Crippen LogP contribution is 2.40. The summed E-state index contributed by atoms with van der Waals surface area (Å²) >= 11 is 0. The Morgan fingerprint density at radius 3 is 2.69 bits per heavy atom. The molecule has 2 heteroatoms. The zero-order valence-corrected chi connectivity index (χ0v) is 10.2. The van der Waals surface area contributed by atoms with Gasteiger partial charge in [0.15, 0.2) is 0 Å². The van der Waals surface area contributed by atoms with Crippen LogP contribution in [-0.4, -0.2) is 10.1 Å². The third-order valence-corrected chi connectivity index (χ3v) is 3.69. The fourth-order valence-electron chi connectivity index (χ4n) is 2.16. The molecule has 2 nitrogen and oxygen atoms in total. The number of pyridine rings is 1. The first-order chi connectivity index (χ1) is 7.63. The van der Waals surface area contributed by atoms with Gasteiger partial charge >= 0.3 is 0 Å². The molecule has 1 saturated carbocycles. The quantitative estimate of drug-likeness (QED) is 0.825. The summed E-state index contributed by atoms with van der Waals surface area (Å²) in [6.45, 7) is 4.14. The molecule has 0 bridgehead atoms. The van der Waals surface area contributed by atoms with E-state index in [1.165, 1.54) is 12.8 Å². The van der Waals surface area contributed by atoms with E-state index in [0.717, 1.165) is 24.5 Å². The molecule has 0 radical (unpaired) electrons. The zero-order valence-electron chi connectivity index (χ0n) is 10.2. The lowest BCUT2D eigenvalue weighted by Gasteiger charge is -2.31. The summed E-state index contributed by atoms with van der Waals surface area (Å²) in [6.07, 6.45) is 6.42. The van der Waals surface area contributed by atoms with Gasteiger partial charge in [-0.25, -0.2) is 0 Å². The minimum atomic E-state index is -0.746. The molecule has 1 aromatic heterocycles. The number of aromatic nitrogens is 1. The predicted octanol–water partition coefficient (Wildman–Crippen LogP) is 3.12. The van der Waals surface area contributed by atoms with E-state index in [0.29, 0.717) is 0 Å². The van der Waals surface area contributed by atoms with E-state index in [9.17, 15) is 5.11 Å². The average molecular weight is 219 g/mol. The van der Waals surface area contributed by atoms with Gasteiger partial charge in [0, 0.05) is 6.20 Å². The molecule has 0 aromatic carbocycles. The van der Waals surface area contributed by atoms with Crippen LogP contribution in [0.25, 0.3) is 0 Å². The molecule has 0 amide bonds. The van der Waals surface area contributed by atoms with Gasteiger partial charge in [0.2, 0.25) is 0 Å². The van der Waals surface area contributed by atoms with Gasteiger partial charge < -0.3 is 5.11 Å². The molecule has 0 saturated heterocycles. The Morgan fingerprint density at radius 2 is 2.19 bits per heavy atom. The van der Waals surface area contributed by atoms with Crippen molar-refractivity contribution in [2.75, 3.05) is 0 Å². The van der Waals surface area contributed by atoms with Crippen LogP contribution in [0.4, 0.5) is 0 Å². The summed E-state index contributed by atoms with van der Waals surface area (Å²) in [5.74, 6) is 1.06. The average Bonchev–Trinajstić information content (AvgIpc) is 3.10. The third kappa shape index (κ3) is 2.43. The lowest BCUT2D eigenvalue weighted by atomic mass is 9.82. The van der Waals surface area contributed by atoms with Crippen LogP contribution >= 0.6 is 0 Å². The van der Waals surface area contributed by atoms with Crippen molar-refractivity contribution in [2.45, 2.75) is 45.1 Å². The Labute approximate surface area is 97.7 Å². The Hall–Kier alpha value is -0.890. The normalized spacial score (nSPS) is 19.8.